The summed E-state index contributed by atoms with van der Waals surface area (Å²) in [6, 6.07) is 2.09. The van der Waals surface area contributed by atoms with Crippen LogP contribution >= 0.6 is 0 Å². The molecule has 182 valence electrons. The Morgan fingerprint density at radius 1 is 1.00 bits per heavy atom. The number of benzene rings is 1. The molecule has 0 saturated heterocycles. The normalized spacial score (nSPS) is 14.3. The third-order valence-electron chi connectivity index (χ3n) is 5.03. The Morgan fingerprint density at radius 2 is 1.61 bits per heavy atom. The Labute approximate surface area is 191 Å². The highest BCUT2D eigenvalue weighted by Crippen LogP contribution is 2.12. The summed E-state index contributed by atoms with van der Waals surface area (Å²) in [6.07, 6.45) is -0.0257. The highest BCUT2D eigenvalue weighted by atomic mass is 16.4. The molecule has 9 N–H and O–H groups in total. The van der Waals surface area contributed by atoms with Crippen molar-refractivity contribution in [1.82, 2.24) is 16.0 Å². The molecule has 12 heteroatoms. The third kappa shape index (κ3) is 9.56. The molecule has 4 unspecified atom stereocenters. The van der Waals surface area contributed by atoms with Crippen LogP contribution in [0, 0.1) is 5.92 Å². The van der Waals surface area contributed by atoms with Crippen molar-refractivity contribution in [3.63, 3.8) is 0 Å². The predicted octanol–water partition coefficient (Wildman–Crippen LogP) is -1.65. The number of carboxylic acids is 1. The van der Waals surface area contributed by atoms with Crippen LogP contribution in [0.4, 0.5) is 0 Å². The van der Waals surface area contributed by atoms with E-state index in [1.165, 1.54) is 24.3 Å². The van der Waals surface area contributed by atoms with Crippen molar-refractivity contribution in [2.45, 2.75) is 51.2 Å². The maximum absolute atomic E-state index is 12.6. The van der Waals surface area contributed by atoms with E-state index in [4.69, 9.17) is 11.5 Å². The van der Waals surface area contributed by atoms with Gasteiger partial charge in [-0.25, -0.2) is 4.79 Å². The highest BCUT2D eigenvalue weighted by molar-refractivity contribution is 5.95. The first-order valence-corrected chi connectivity index (χ1v) is 10.4. The topological polar surface area (TPSA) is 214 Å². The summed E-state index contributed by atoms with van der Waals surface area (Å²) in [5.41, 5.74) is 11.5. The number of phenols is 1. The van der Waals surface area contributed by atoms with Crippen molar-refractivity contribution in [2.75, 3.05) is 6.54 Å². The number of rotatable bonds is 13. The van der Waals surface area contributed by atoms with E-state index in [0.717, 1.165) is 0 Å². The van der Waals surface area contributed by atoms with Gasteiger partial charge in [0.05, 0.1) is 19.0 Å². The lowest BCUT2D eigenvalue weighted by atomic mass is 9.99. The number of carboxylic acid groups (broad SMARTS) is 1. The fourth-order valence-corrected chi connectivity index (χ4v) is 2.79. The minimum Gasteiger partial charge on any atom is -0.508 e. The van der Waals surface area contributed by atoms with Crippen LogP contribution < -0.4 is 27.4 Å². The molecular weight excluding hydrogens is 434 g/mol. The fraction of sp³-hybridized carbons (Fsp3) is 0.476. The minimum atomic E-state index is -1.45. The van der Waals surface area contributed by atoms with Crippen molar-refractivity contribution in [2.24, 2.45) is 17.4 Å². The van der Waals surface area contributed by atoms with Crippen molar-refractivity contribution in [3.05, 3.63) is 29.8 Å². The number of aliphatic carboxylic acids is 1. The lowest BCUT2D eigenvalue weighted by Gasteiger charge is -2.21. The molecule has 0 aliphatic rings. The number of amides is 4. The first-order valence-electron chi connectivity index (χ1n) is 10.4. The van der Waals surface area contributed by atoms with Gasteiger partial charge in [-0.15, -0.1) is 0 Å². The number of carbonyl (C=O) groups excluding carboxylic acids is 4. The van der Waals surface area contributed by atoms with Crippen LogP contribution in [0.25, 0.3) is 0 Å². The molecule has 0 aromatic heterocycles. The van der Waals surface area contributed by atoms with Gasteiger partial charge in [-0.1, -0.05) is 32.4 Å². The van der Waals surface area contributed by atoms with E-state index in [1.54, 1.807) is 6.92 Å². The molecule has 0 bridgehead atoms. The van der Waals surface area contributed by atoms with E-state index in [0.29, 0.717) is 12.0 Å². The first kappa shape index (κ1) is 27.4. The number of nitrogens with one attached hydrogen (secondary N) is 3. The number of carbonyl (C=O) groups is 5. The van der Waals surface area contributed by atoms with E-state index in [1.807, 2.05) is 6.92 Å². The van der Waals surface area contributed by atoms with Gasteiger partial charge in [0.15, 0.2) is 0 Å². The van der Waals surface area contributed by atoms with Crippen LogP contribution in [-0.2, 0) is 30.4 Å². The van der Waals surface area contributed by atoms with Gasteiger partial charge >= 0.3 is 5.97 Å². The van der Waals surface area contributed by atoms with Gasteiger partial charge in [0.2, 0.25) is 23.6 Å². The molecule has 33 heavy (non-hydrogen) atoms. The van der Waals surface area contributed by atoms with E-state index >= 15 is 0 Å². The molecule has 0 radical (unpaired) electrons. The zero-order valence-corrected chi connectivity index (χ0v) is 18.5. The van der Waals surface area contributed by atoms with E-state index < -0.39 is 60.7 Å². The molecule has 0 heterocycles. The zero-order chi connectivity index (χ0) is 25.1. The quantitative estimate of drug-likeness (QED) is 0.179. The largest absolute Gasteiger partial charge is 0.508 e. The SMILES string of the molecule is CCC(C)C(N)C(=O)NCC(=O)NC(CC(N)=O)C(=O)NC(Cc1ccc(O)cc1)C(=O)O. The molecule has 0 spiro atoms. The second kappa shape index (κ2) is 13.0. The predicted molar refractivity (Wildman–Crippen MR) is 118 cm³/mol. The Kier molecular flexibility index (Phi) is 10.8. The van der Waals surface area contributed by atoms with Crippen LogP contribution in [0.2, 0.25) is 0 Å². The number of aromatic hydroxyl groups is 1. The highest BCUT2D eigenvalue weighted by Gasteiger charge is 2.28. The van der Waals surface area contributed by atoms with Crippen molar-refractivity contribution < 1.29 is 34.2 Å². The van der Waals surface area contributed by atoms with Gasteiger partial charge in [0.1, 0.15) is 17.8 Å². The number of nitrogens with two attached hydrogens (primary N) is 2. The maximum Gasteiger partial charge on any atom is 0.326 e. The molecular formula is C21H31N5O7. The van der Waals surface area contributed by atoms with Gasteiger partial charge in [-0.3, -0.25) is 19.2 Å². The average molecular weight is 466 g/mol. The second-order valence-electron chi connectivity index (χ2n) is 7.69. The Bertz CT molecular complexity index is 859. The van der Waals surface area contributed by atoms with Crippen molar-refractivity contribution in [1.29, 1.82) is 0 Å². The van der Waals surface area contributed by atoms with Crippen LogP contribution in [0.3, 0.4) is 0 Å². The summed E-state index contributed by atoms with van der Waals surface area (Å²) < 4.78 is 0. The average Bonchev–Trinajstić information content (AvgIpc) is 2.76. The Balaban J connectivity index is 2.78. The minimum absolute atomic E-state index is 0.00362. The lowest BCUT2D eigenvalue weighted by molar-refractivity contribution is -0.142. The molecule has 0 fully saturated rings. The van der Waals surface area contributed by atoms with Crippen molar-refractivity contribution in [3.8, 4) is 5.75 Å². The lowest BCUT2D eigenvalue weighted by Crippen LogP contribution is -2.55. The maximum atomic E-state index is 12.6. The first-order chi connectivity index (χ1) is 15.4. The van der Waals surface area contributed by atoms with E-state index in [9.17, 15) is 34.2 Å². The van der Waals surface area contributed by atoms with Crippen LogP contribution in [0.5, 0.6) is 5.75 Å². The zero-order valence-electron chi connectivity index (χ0n) is 18.5. The van der Waals surface area contributed by atoms with Crippen molar-refractivity contribution >= 4 is 29.6 Å². The molecule has 0 aliphatic heterocycles. The van der Waals surface area contributed by atoms with Crippen LogP contribution in [0.1, 0.15) is 32.3 Å². The number of hydrogen-bond acceptors (Lipinski definition) is 7. The van der Waals surface area contributed by atoms with E-state index in [-0.39, 0.29) is 18.1 Å². The molecule has 4 amide bonds. The number of hydrogen-bond donors (Lipinski definition) is 7. The molecule has 1 aromatic carbocycles. The summed E-state index contributed by atoms with van der Waals surface area (Å²) in [4.78, 5) is 59.8. The summed E-state index contributed by atoms with van der Waals surface area (Å²) in [7, 11) is 0. The molecule has 0 aliphatic carbocycles. The van der Waals surface area contributed by atoms with Gasteiger partial charge in [-0.05, 0) is 23.6 Å². The summed E-state index contributed by atoms with van der Waals surface area (Å²) >= 11 is 0. The second-order valence-corrected chi connectivity index (χ2v) is 7.69. The summed E-state index contributed by atoms with van der Waals surface area (Å²) in [6.45, 7) is 3.15. The van der Waals surface area contributed by atoms with E-state index in [2.05, 4.69) is 16.0 Å². The number of phenolic OH excluding ortho intramolecular Hbond substituents is 1. The third-order valence-corrected chi connectivity index (χ3v) is 5.03. The van der Waals surface area contributed by atoms with Gasteiger partial charge in [0, 0.05) is 6.42 Å². The van der Waals surface area contributed by atoms with Crippen LogP contribution in [-0.4, -0.2) is 64.5 Å². The molecule has 4 atom stereocenters. The molecule has 1 aromatic rings. The number of primary amides is 1. The standard InChI is InChI=1S/C21H31N5O7/c1-3-11(2)18(23)20(31)24-10-17(29)25-14(9-16(22)28)19(30)26-15(21(32)33)8-12-4-6-13(27)7-5-12/h4-7,11,14-15,18,27H,3,8-10,23H2,1-2H3,(H2,22,28)(H,24,31)(H,25,29)(H,26,30)(H,32,33). The summed E-state index contributed by atoms with van der Waals surface area (Å²) in [5.74, 6) is -4.62. The summed E-state index contributed by atoms with van der Waals surface area (Å²) in [5, 5.41) is 25.7. The van der Waals surface area contributed by atoms with Gasteiger partial charge < -0.3 is 37.6 Å². The Morgan fingerprint density at radius 3 is 2.12 bits per heavy atom. The smallest absolute Gasteiger partial charge is 0.326 e. The van der Waals surface area contributed by atoms with Crippen LogP contribution in [0.15, 0.2) is 24.3 Å². The van der Waals surface area contributed by atoms with Gasteiger partial charge in [-0.2, -0.15) is 0 Å². The monoisotopic (exact) mass is 465 g/mol. The Hall–Kier alpha value is -3.67. The fourth-order valence-electron chi connectivity index (χ4n) is 2.79. The van der Waals surface area contributed by atoms with Gasteiger partial charge in [0.25, 0.3) is 0 Å². The molecule has 12 nitrogen and oxygen atoms in total. The molecule has 1 rings (SSSR count). The molecule has 0 saturated carbocycles.